The fourth-order valence-corrected chi connectivity index (χ4v) is 3.46. The van der Waals surface area contributed by atoms with E-state index in [1.807, 2.05) is 43.3 Å². The maximum absolute atomic E-state index is 12.8. The van der Waals surface area contributed by atoms with E-state index in [0.29, 0.717) is 35.8 Å². The van der Waals surface area contributed by atoms with Gasteiger partial charge in [-0.25, -0.2) is 0 Å². The molecular formula is C25H24N2O4. The normalized spacial score (nSPS) is 13.2. The summed E-state index contributed by atoms with van der Waals surface area (Å²) in [5.74, 6) is 1.83. The Labute approximate surface area is 181 Å². The number of nitrogens with zero attached hydrogens (tertiary/aromatic N) is 1. The Balaban J connectivity index is 1.45. The second-order valence-electron chi connectivity index (χ2n) is 7.15. The Kier molecular flexibility index (Phi) is 6.17. The van der Waals surface area contributed by atoms with Crippen LogP contribution in [0.2, 0.25) is 0 Å². The fourth-order valence-electron chi connectivity index (χ4n) is 3.46. The second kappa shape index (κ2) is 9.34. The van der Waals surface area contributed by atoms with Gasteiger partial charge in [0.25, 0.3) is 5.91 Å². The molecule has 31 heavy (non-hydrogen) atoms. The van der Waals surface area contributed by atoms with Crippen molar-refractivity contribution in [3.63, 3.8) is 0 Å². The van der Waals surface area contributed by atoms with E-state index in [4.69, 9.17) is 9.47 Å². The minimum absolute atomic E-state index is 0.123. The van der Waals surface area contributed by atoms with Crippen LogP contribution < -0.4 is 19.7 Å². The summed E-state index contributed by atoms with van der Waals surface area (Å²) in [6, 6.07) is 21.7. The number of nitrogens with one attached hydrogen (secondary N) is 1. The molecule has 2 amide bonds. The van der Waals surface area contributed by atoms with E-state index in [-0.39, 0.29) is 11.8 Å². The third-order valence-corrected chi connectivity index (χ3v) is 5.01. The molecule has 0 radical (unpaired) electrons. The monoisotopic (exact) mass is 416 g/mol. The van der Waals surface area contributed by atoms with Crippen LogP contribution in [0.1, 0.15) is 30.1 Å². The van der Waals surface area contributed by atoms with Crippen LogP contribution in [0.4, 0.5) is 11.4 Å². The van der Waals surface area contributed by atoms with Crippen molar-refractivity contribution >= 4 is 23.2 Å². The predicted octanol–water partition coefficient (Wildman–Crippen LogP) is 5.26. The molecule has 0 atom stereocenters. The molecule has 0 spiro atoms. The first-order valence-electron chi connectivity index (χ1n) is 10.4. The highest BCUT2D eigenvalue weighted by Crippen LogP contribution is 2.31. The number of hydrogen-bond donors (Lipinski definition) is 1. The largest absolute Gasteiger partial charge is 0.494 e. The van der Waals surface area contributed by atoms with Gasteiger partial charge in [0.1, 0.15) is 11.5 Å². The molecule has 1 fully saturated rings. The van der Waals surface area contributed by atoms with E-state index < -0.39 is 0 Å². The van der Waals surface area contributed by atoms with Gasteiger partial charge in [0.05, 0.1) is 12.3 Å². The Morgan fingerprint density at radius 1 is 0.968 bits per heavy atom. The molecule has 3 aromatic carbocycles. The van der Waals surface area contributed by atoms with Gasteiger partial charge in [-0.2, -0.15) is 0 Å². The zero-order valence-electron chi connectivity index (χ0n) is 17.3. The van der Waals surface area contributed by atoms with E-state index in [0.717, 1.165) is 24.4 Å². The van der Waals surface area contributed by atoms with Crippen LogP contribution in [-0.2, 0) is 4.79 Å². The minimum atomic E-state index is -0.248. The van der Waals surface area contributed by atoms with Crippen LogP contribution in [0.3, 0.4) is 0 Å². The molecule has 3 aromatic rings. The van der Waals surface area contributed by atoms with Crippen LogP contribution in [0.15, 0.2) is 72.8 Å². The number of ether oxygens (including phenoxy) is 2. The summed E-state index contributed by atoms with van der Waals surface area (Å²) < 4.78 is 11.4. The first-order valence-corrected chi connectivity index (χ1v) is 10.4. The summed E-state index contributed by atoms with van der Waals surface area (Å²) in [6.07, 6.45) is 1.44. The van der Waals surface area contributed by atoms with Crippen molar-refractivity contribution in [1.29, 1.82) is 0 Å². The molecule has 0 aromatic heterocycles. The molecule has 1 saturated heterocycles. The predicted molar refractivity (Wildman–Crippen MR) is 120 cm³/mol. The van der Waals surface area contributed by atoms with Gasteiger partial charge in [0.15, 0.2) is 5.75 Å². The van der Waals surface area contributed by atoms with Crippen LogP contribution in [0, 0.1) is 0 Å². The summed E-state index contributed by atoms with van der Waals surface area (Å²) in [7, 11) is 0. The lowest BCUT2D eigenvalue weighted by Gasteiger charge is -2.16. The third-order valence-electron chi connectivity index (χ3n) is 5.01. The molecule has 1 N–H and O–H groups in total. The minimum Gasteiger partial charge on any atom is -0.494 e. The van der Waals surface area contributed by atoms with Gasteiger partial charge in [-0.15, -0.1) is 0 Å². The van der Waals surface area contributed by atoms with Crippen LogP contribution in [0.25, 0.3) is 0 Å². The Morgan fingerprint density at radius 2 is 1.68 bits per heavy atom. The standard InChI is InChI=1S/C25H24N2O4/c1-2-30-20-13-15-21(16-14-20)31-23-7-4-3-6-22(23)26-25(29)18-9-11-19(12-10-18)27-17-5-8-24(27)28/h3-4,6-7,9-16H,2,5,8,17H2,1H3,(H,26,29). The lowest BCUT2D eigenvalue weighted by Crippen LogP contribution is -2.23. The van der Waals surface area contributed by atoms with Crippen LogP contribution in [0.5, 0.6) is 17.2 Å². The molecule has 1 aliphatic rings. The molecule has 0 unspecified atom stereocenters. The zero-order chi connectivity index (χ0) is 21.6. The summed E-state index contributed by atoms with van der Waals surface area (Å²) in [5, 5.41) is 2.91. The van der Waals surface area contributed by atoms with Gasteiger partial charge in [0, 0.05) is 24.2 Å². The highest BCUT2D eigenvalue weighted by molar-refractivity contribution is 6.05. The SMILES string of the molecule is CCOc1ccc(Oc2ccccc2NC(=O)c2ccc(N3CCCC3=O)cc2)cc1. The van der Waals surface area contributed by atoms with Crippen LogP contribution >= 0.6 is 0 Å². The average Bonchev–Trinajstić information content (AvgIpc) is 3.22. The summed E-state index contributed by atoms with van der Waals surface area (Å²) in [5.41, 5.74) is 1.89. The van der Waals surface area contributed by atoms with Gasteiger partial charge in [-0.1, -0.05) is 12.1 Å². The van der Waals surface area contributed by atoms with E-state index in [1.165, 1.54) is 0 Å². The third kappa shape index (κ3) is 4.86. The number of para-hydroxylation sites is 2. The topological polar surface area (TPSA) is 67.9 Å². The van der Waals surface area contributed by atoms with Gasteiger partial charge in [0.2, 0.25) is 5.91 Å². The number of rotatable bonds is 7. The maximum Gasteiger partial charge on any atom is 0.255 e. The Hall–Kier alpha value is -3.80. The molecule has 158 valence electrons. The molecular weight excluding hydrogens is 392 g/mol. The van der Waals surface area contributed by atoms with Crippen molar-refractivity contribution in [3.8, 4) is 17.2 Å². The number of anilines is 2. The van der Waals surface area contributed by atoms with E-state index >= 15 is 0 Å². The van der Waals surface area contributed by atoms with E-state index in [9.17, 15) is 9.59 Å². The number of carbonyl (C=O) groups is 2. The van der Waals surface area contributed by atoms with Gasteiger partial charge in [-0.05, 0) is 74.0 Å². The van der Waals surface area contributed by atoms with Crippen molar-refractivity contribution in [2.75, 3.05) is 23.4 Å². The van der Waals surface area contributed by atoms with Crippen LogP contribution in [-0.4, -0.2) is 25.0 Å². The fraction of sp³-hybridized carbons (Fsp3) is 0.200. The lowest BCUT2D eigenvalue weighted by molar-refractivity contribution is -0.117. The molecule has 4 rings (SSSR count). The summed E-state index contributed by atoms with van der Waals surface area (Å²) >= 11 is 0. The molecule has 0 bridgehead atoms. The number of hydrogen-bond acceptors (Lipinski definition) is 4. The van der Waals surface area contributed by atoms with Crippen molar-refractivity contribution in [2.45, 2.75) is 19.8 Å². The smallest absolute Gasteiger partial charge is 0.255 e. The highest BCUT2D eigenvalue weighted by atomic mass is 16.5. The van der Waals surface area contributed by atoms with E-state index in [2.05, 4.69) is 5.32 Å². The van der Waals surface area contributed by atoms with Gasteiger partial charge >= 0.3 is 0 Å². The molecule has 1 aliphatic heterocycles. The second-order valence-corrected chi connectivity index (χ2v) is 7.15. The molecule has 1 heterocycles. The number of amides is 2. The molecule has 6 nitrogen and oxygen atoms in total. The van der Waals surface area contributed by atoms with Crippen molar-refractivity contribution in [1.82, 2.24) is 0 Å². The average molecular weight is 416 g/mol. The Bertz CT molecular complexity index is 1060. The highest BCUT2D eigenvalue weighted by Gasteiger charge is 2.21. The van der Waals surface area contributed by atoms with Gasteiger partial charge in [-0.3, -0.25) is 9.59 Å². The van der Waals surface area contributed by atoms with Gasteiger partial charge < -0.3 is 19.7 Å². The first kappa shape index (κ1) is 20.5. The maximum atomic E-state index is 12.8. The first-order chi connectivity index (χ1) is 15.1. The lowest BCUT2D eigenvalue weighted by atomic mass is 10.1. The number of benzene rings is 3. The number of carbonyl (C=O) groups excluding carboxylic acids is 2. The quantitative estimate of drug-likeness (QED) is 0.571. The van der Waals surface area contributed by atoms with E-state index in [1.54, 1.807) is 41.3 Å². The zero-order valence-corrected chi connectivity index (χ0v) is 17.3. The molecule has 0 aliphatic carbocycles. The summed E-state index contributed by atoms with van der Waals surface area (Å²) in [4.78, 5) is 26.4. The van der Waals surface area contributed by atoms with Crippen molar-refractivity contribution < 1.29 is 19.1 Å². The molecule has 0 saturated carbocycles. The van der Waals surface area contributed by atoms with Crippen molar-refractivity contribution in [3.05, 3.63) is 78.4 Å². The Morgan fingerprint density at radius 3 is 2.35 bits per heavy atom. The molecule has 6 heteroatoms. The van der Waals surface area contributed by atoms with Crippen molar-refractivity contribution in [2.24, 2.45) is 0 Å². The summed E-state index contributed by atoms with van der Waals surface area (Å²) in [6.45, 7) is 3.26.